The molecule has 0 unspecified atom stereocenters. The van der Waals surface area contributed by atoms with Gasteiger partial charge < -0.3 is 15.0 Å². The van der Waals surface area contributed by atoms with E-state index in [-0.39, 0.29) is 27.1 Å². The number of nitrogens with zero attached hydrogens (tertiary/aromatic N) is 7. The van der Waals surface area contributed by atoms with Crippen molar-refractivity contribution < 1.29 is 0 Å². The molecule has 0 fully saturated rings. The summed E-state index contributed by atoms with van der Waals surface area (Å²) < 4.78 is 1.44. The Morgan fingerprint density at radius 2 is 1.43 bits per heavy atom. The van der Waals surface area contributed by atoms with Crippen molar-refractivity contribution in [3.05, 3.63) is 183 Å². The second kappa shape index (κ2) is 13.9. The van der Waals surface area contributed by atoms with Gasteiger partial charge in [0.25, 0.3) is 38.9 Å². The van der Waals surface area contributed by atoms with Crippen LogP contribution < -0.4 is 55.7 Å². The van der Waals surface area contributed by atoms with Crippen LogP contribution in [0.4, 0.5) is 0 Å². The van der Waals surface area contributed by atoms with Gasteiger partial charge in [0.15, 0.2) is 11.3 Å². The summed E-state index contributed by atoms with van der Waals surface area (Å²) in [5.74, 6) is -1.24. The van der Waals surface area contributed by atoms with E-state index in [2.05, 4.69) is 55.3 Å². The highest BCUT2D eigenvalue weighted by atomic mass is 16.2. The standard InChI is InChI=1S/C34H20N14O10/c49-14-1-4-35-20(9-14)16-11-23(52)46(26(17-10-21(50)43-45-30(17)54)24(16)15-2-6-41-44-29(15)53)28-19(13-39-33(57)42-28)27-37-5-3-22(51)47(27)48-32(56)18(12-40-34(48)58)25-31(55)38-8-7-36-25/h1-13H,(H,35,49)(H,38,55)(H,40,58)(H,43,50)(H,44,53)(H,45,54)(H,39,42,57). The summed E-state index contributed by atoms with van der Waals surface area (Å²) in [6.07, 6.45) is 7.50. The fourth-order valence-electron chi connectivity index (χ4n) is 6.17. The minimum absolute atomic E-state index is 0.0299. The van der Waals surface area contributed by atoms with Crippen LogP contribution in [-0.2, 0) is 0 Å². The van der Waals surface area contributed by atoms with Gasteiger partial charge in [-0.15, -0.1) is 0 Å². The Morgan fingerprint density at radius 1 is 0.603 bits per heavy atom. The first-order chi connectivity index (χ1) is 27.9. The molecule has 0 saturated carbocycles. The van der Waals surface area contributed by atoms with E-state index in [4.69, 9.17) is 0 Å². The highest BCUT2D eigenvalue weighted by Gasteiger charge is 2.29. The molecule has 0 radical (unpaired) electrons. The van der Waals surface area contributed by atoms with Gasteiger partial charge >= 0.3 is 11.4 Å². The smallest absolute Gasteiger partial charge is 0.348 e. The van der Waals surface area contributed by atoms with E-state index < -0.39 is 95.4 Å². The molecule has 0 aliphatic carbocycles. The summed E-state index contributed by atoms with van der Waals surface area (Å²) in [5.41, 5.74) is -13.0. The summed E-state index contributed by atoms with van der Waals surface area (Å²) in [6.45, 7) is 0. The highest BCUT2D eigenvalue weighted by Crippen LogP contribution is 2.37. The van der Waals surface area contributed by atoms with E-state index in [9.17, 15) is 47.9 Å². The van der Waals surface area contributed by atoms with E-state index in [0.29, 0.717) is 9.24 Å². The normalized spacial score (nSPS) is 11.1. The van der Waals surface area contributed by atoms with E-state index in [1.54, 1.807) is 0 Å². The zero-order valence-corrected chi connectivity index (χ0v) is 28.7. The topological polar surface area (TPSA) is 348 Å². The van der Waals surface area contributed by atoms with Crippen LogP contribution in [0.15, 0.2) is 128 Å². The molecule has 0 aliphatic rings. The lowest BCUT2D eigenvalue weighted by Crippen LogP contribution is -2.46. The van der Waals surface area contributed by atoms with Gasteiger partial charge in [0.1, 0.15) is 11.5 Å². The molecule has 0 saturated heterocycles. The summed E-state index contributed by atoms with van der Waals surface area (Å²) in [4.78, 5) is 156. The predicted octanol–water partition coefficient (Wildman–Crippen LogP) is -2.79. The highest BCUT2D eigenvalue weighted by molar-refractivity contribution is 5.92. The van der Waals surface area contributed by atoms with Crippen LogP contribution in [0, 0.1) is 0 Å². The van der Waals surface area contributed by atoms with Crippen LogP contribution in [0.25, 0.3) is 62.1 Å². The molecule has 58 heavy (non-hydrogen) atoms. The second-order valence-corrected chi connectivity index (χ2v) is 12.0. The van der Waals surface area contributed by atoms with Crippen LogP contribution in [0.3, 0.4) is 0 Å². The van der Waals surface area contributed by atoms with Crippen molar-refractivity contribution >= 4 is 0 Å². The number of nitrogens with one attached hydrogen (secondary N) is 7. The van der Waals surface area contributed by atoms with Crippen molar-refractivity contribution in [3.63, 3.8) is 0 Å². The Bertz CT molecular complexity index is 3620. The second-order valence-electron chi connectivity index (χ2n) is 12.0. The van der Waals surface area contributed by atoms with Crippen molar-refractivity contribution in [2.24, 2.45) is 0 Å². The van der Waals surface area contributed by atoms with Crippen molar-refractivity contribution in [2.45, 2.75) is 0 Å². The molecule has 0 atom stereocenters. The Balaban J connectivity index is 1.55. The summed E-state index contributed by atoms with van der Waals surface area (Å²) >= 11 is 0. The zero-order valence-electron chi connectivity index (χ0n) is 28.7. The minimum Gasteiger partial charge on any atom is -0.361 e. The number of pyridine rings is 2. The van der Waals surface area contributed by atoms with Crippen molar-refractivity contribution in [1.82, 2.24) is 69.2 Å². The van der Waals surface area contributed by atoms with Crippen LogP contribution in [0.1, 0.15) is 0 Å². The maximum absolute atomic E-state index is 14.6. The van der Waals surface area contributed by atoms with Gasteiger partial charge in [-0.2, -0.15) is 14.5 Å². The van der Waals surface area contributed by atoms with Gasteiger partial charge in [-0.25, -0.2) is 29.6 Å². The third-order valence-corrected chi connectivity index (χ3v) is 8.55. The molecule has 0 spiro atoms. The molecule has 8 heterocycles. The van der Waals surface area contributed by atoms with Crippen molar-refractivity contribution in [2.75, 3.05) is 0 Å². The molecule has 0 bridgehead atoms. The Labute approximate surface area is 314 Å². The Hall–Kier alpha value is -9.22. The number of H-pyrrole nitrogens is 7. The third kappa shape index (κ3) is 6.00. The lowest BCUT2D eigenvalue weighted by atomic mass is 9.93. The Morgan fingerprint density at radius 3 is 2.21 bits per heavy atom. The molecule has 8 aromatic rings. The molecule has 24 heteroatoms. The zero-order chi connectivity index (χ0) is 40.8. The maximum atomic E-state index is 14.6. The molecular weight excluding hydrogens is 764 g/mol. The van der Waals surface area contributed by atoms with Gasteiger partial charge in [-0.3, -0.25) is 58.1 Å². The summed E-state index contributed by atoms with van der Waals surface area (Å²) in [6, 6.07) is 6.09. The lowest BCUT2D eigenvalue weighted by Gasteiger charge is -2.22. The maximum Gasteiger partial charge on any atom is 0.348 e. The molecule has 0 aliphatic heterocycles. The molecule has 286 valence electrons. The average Bonchev–Trinajstić information content (AvgIpc) is 3.20. The Kier molecular flexibility index (Phi) is 8.57. The van der Waals surface area contributed by atoms with E-state index in [0.717, 1.165) is 42.9 Å². The molecule has 24 nitrogen and oxygen atoms in total. The van der Waals surface area contributed by atoms with E-state index in [1.165, 1.54) is 36.9 Å². The quantitative estimate of drug-likeness (QED) is 0.0859. The van der Waals surface area contributed by atoms with Crippen LogP contribution in [-0.4, -0.2) is 69.2 Å². The minimum atomic E-state index is -1.24. The largest absolute Gasteiger partial charge is 0.361 e. The fourth-order valence-corrected chi connectivity index (χ4v) is 6.17. The monoisotopic (exact) mass is 784 g/mol. The van der Waals surface area contributed by atoms with Gasteiger partial charge in [-0.05, 0) is 6.07 Å². The molecule has 8 aromatic heterocycles. The summed E-state index contributed by atoms with van der Waals surface area (Å²) in [7, 11) is 0. The molecule has 8 rings (SSSR count). The number of aromatic amines is 7. The number of hydrogen-bond donors (Lipinski definition) is 7. The van der Waals surface area contributed by atoms with Crippen LogP contribution in [0.2, 0.25) is 0 Å². The first kappa shape index (κ1) is 35.8. The van der Waals surface area contributed by atoms with Crippen molar-refractivity contribution in [1.29, 1.82) is 0 Å². The third-order valence-electron chi connectivity index (χ3n) is 8.55. The van der Waals surface area contributed by atoms with Gasteiger partial charge in [0.2, 0.25) is 0 Å². The van der Waals surface area contributed by atoms with E-state index >= 15 is 0 Å². The SMILES string of the molecule is O=c1cc[nH]c(-c2cc(=O)n(-c3[nH]c(=O)ncc3-c3nccc(=O)n3-n3c(=O)[nH]cc(-c4ncc[nH]c4=O)c3=O)c(-c3cc(=O)[nH][nH]c3=O)c2-c2ccn[nH]c2=O)c1. The van der Waals surface area contributed by atoms with Gasteiger partial charge in [0, 0.05) is 84.8 Å². The molecule has 0 amide bonds. The molecule has 7 N–H and O–H groups in total. The fraction of sp³-hybridized carbons (Fsp3) is 0. The number of rotatable bonds is 7. The van der Waals surface area contributed by atoms with Gasteiger partial charge in [0.05, 0.1) is 33.6 Å². The van der Waals surface area contributed by atoms with Gasteiger partial charge in [-0.1, -0.05) is 0 Å². The first-order valence-corrected chi connectivity index (χ1v) is 16.4. The lowest BCUT2D eigenvalue weighted by molar-refractivity contribution is 0.564. The number of hydrogen-bond acceptors (Lipinski definition) is 14. The summed E-state index contributed by atoms with van der Waals surface area (Å²) in [5, 5.41) is 10.2. The molecule has 0 aromatic carbocycles. The first-order valence-electron chi connectivity index (χ1n) is 16.4. The molecular formula is C34H20N14O10. The van der Waals surface area contributed by atoms with Crippen molar-refractivity contribution in [3.8, 4) is 62.1 Å². The van der Waals surface area contributed by atoms with Crippen LogP contribution in [0.5, 0.6) is 0 Å². The average molecular weight is 785 g/mol. The number of aromatic nitrogens is 14. The van der Waals surface area contributed by atoms with E-state index in [1.807, 2.05) is 0 Å². The van der Waals surface area contributed by atoms with Crippen LogP contribution >= 0.6 is 0 Å². The predicted molar refractivity (Wildman–Crippen MR) is 201 cm³/mol.